The molecule has 1 aliphatic carbocycles. The van der Waals surface area contributed by atoms with E-state index in [9.17, 15) is 14.4 Å². The van der Waals surface area contributed by atoms with E-state index in [1.165, 1.54) is 6.42 Å². The van der Waals surface area contributed by atoms with Gasteiger partial charge in [-0.15, -0.1) is 0 Å². The first-order chi connectivity index (χ1) is 15.6. The highest BCUT2D eigenvalue weighted by Crippen LogP contribution is 2.25. The lowest BCUT2D eigenvalue weighted by molar-refractivity contribution is -0.120. The third kappa shape index (κ3) is 6.83. The molecular weight excluding hydrogens is 406 g/mol. The van der Waals surface area contributed by atoms with E-state index in [0.29, 0.717) is 29.2 Å². The number of ether oxygens (including phenoxy) is 1. The van der Waals surface area contributed by atoms with Crippen molar-refractivity contribution in [2.24, 2.45) is 5.92 Å². The summed E-state index contributed by atoms with van der Waals surface area (Å²) in [7, 11) is 0. The molecule has 3 amide bonds. The Labute approximate surface area is 188 Å². The lowest BCUT2D eigenvalue weighted by atomic mass is 9.88. The Morgan fingerprint density at radius 1 is 0.906 bits per heavy atom. The number of hydrogen-bond acceptors (Lipinski definition) is 4. The lowest BCUT2D eigenvalue weighted by Gasteiger charge is -2.20. The molecule has 2 aromatic carbocycles. The van der Waals surface area contributed by atoms with Crippen molar-refractivity contribution in [2.45, 2.75) is 51.9 Å². The molecule has 3 N–H and O–H groups in total. The summed E-state index contributed by atoms with van der Waals surface area (Å²) in [5, 5.41) is 2.92. The normalized spacial score (nSPS) is 13.8. The third-order valence-electron chi connectivity index (χ3n) is 5.54. The first-order valence-electron chi connectivity index (χ1n) is 11.3. The second-order valence-corrected chi connectivity index (χ2v) is 8.04. The summed E-state index contributed by atoms with van der Waals surface area (Å²) in [5.41, 5.74) is 6.25. The maximum atomic E-state index is 12.4. The monoisotopic (exact) mass is 437 g/mol. The van der Waals surface area contributed by atoms with E-state index in [0.717, 1.165) is 38.5 Å². The van der Waals surface area contributed by atoms with Crippen LogP contribution in [0.2, 0.25) is 0 Å². The number of rotatable bonds is 8. The topological polar surface area (TPSA) is 96.5 Å². The van der Waals surface area contributed by atoms with Crippen LogP contribution < -0.4 is 20.9 Å². The zero-order valence-corrected chi connectivity index (χ0v) is 18.5. The Hall–Kier alpha value is -3.35. The van der Waals surface area contributed by atoms with Crippen LogP contribution in [0.3, 0.4) is 0 Å². The lowest BCUT2D eigenvalue weighted by Crippen LogP contribution is -2.41. The Kier molecular flexibility index (Phi) is 8.66. The average molecular weight is 438 g/mol. The van der Waals surface area contributed by atoms with Crippen LogP contribution in [0.5, 0.6) is 5.75 Å². The number of carbonyl (C=O) groups is 3. The van der Waals surface area contributed by atoms with Crippen LogP contribution in [0, 0.1) is 5.92 Å². The van der Waals surface area contributed by atoms with Crippen LogP contribution in [0.4, 0.5) is 5.69 Å². The maximum Gasteiger partial charge on any atom is 0.269 e. The van der Waals surface area contributed by atoms with Crippen LogP contribution in [0.15, 0.2) is 48.5 Å². The van der Waals surface area contributed by atoms with Gasteiger partial charge in [0.05, 0.1) is 6.61 Å². The van der Waals surface area contributed by atoms with Crippen molar-refractivity contribution < 1.29 is 19.1 Å². The SMILES string of the molecule is CCCCOc1cccc(C(=O)NNC(=O)c2ccc(NC(=O)C3CCCCC3)cc2)c1. The van der Waals surface area contributed by atoms with E-state index in [1.54, 1.807) is 48.5 Å². The molecule has 7 nitrogen and oxygen atoms in total. The van der Waals surface area contributed by atoms with Gasteiger partial charge >= 0.3 is 0 Å². The molecule has 0 bridgehead atoms. The minimum Gasteiger partial charge on any atom is -0.494 e. The van der Waals surface area contributed by atoms with Crippen molar-refractivity contribution in [1.29, 1.82) is 0 Å². The minimum atomic E-state index is -0.446. The highest BCUT2D eigenvalue weighted by molar-refractivity contribution is 5.99. The Balaban J connectivity index is 1.48. The van der Waals surface area contributed by atoms with E-state index in [2.05, 4.69) is 23.1 Å². The van der Waals surface area contributed by atoms with Gasteiger partial charge < -0.3 is 10.1 Å². The summed E-state index contributed by atoms with van der Waals surface area (Å²) in [5.74, 6) is -0.162. The molecule has 170 valence electrons. The van der Waals surface area contributed by atoms with Crippen LogP contribution in [0.25, 0.3) is 0 Å². The average Bonchev–Trinajstić information content (AvgIpc) is 2.83. The smallest absolute Gasteiger partial charge is 0.269 e. The first kappa shape index (κ1) is 23.3. The predicted octanol–water partition coefficient (Wildman–Crippen LogP) is 4.46. The van der Waals surface area contributed by atoms with E-state index in [1.807, 2.05) is 0 Å². The molecule has 7 heteroatoms. The molecule has 1 fully saturated rings. The van der Waals surface area contributed by atoms with Gasteiger partial charge in [0.25, 0.3) is 11.8 Å². The second-order valence-electron chi connectivity index (χ2n) is 8.04. The summed E-state index contributed by atoms with van der Waals surface area (Å²) in [6.07, 6.45) is 7.22. The third-order valence-corrected chi connectivity index (χ3v) is 5.54. The number of hydrazine groups is 1. The van der Waals surface area contributed by atoms with Gasteiger partial charge in [-0.2, -0.15) is 0 Å². The molecule has 0 unspecified atom stereocenters. The fourth-order valence-corrected chi connectivity index (χ4v) is 3.63. The molecule has 0 heterocycles. The number of amides is 3. The van der Waals surface area contributed by atoms with Crippen molar-refractivity contribution >= 4 is 23.4 Å². The van der Waals surface area contributed by atoms with Crippen LogP contribution in [-0.4, -0.2) is 24.3 Å². The molecule has 0 spiro atoms. The number of hydrogen-bond donors (Lipinski definition) is 3. The highest BCUT2D eigenvalue weighted by Gasteiger charge is 2.21. The van der Waals surface area contributed by atoms with Gasteiger partial charge in [-0.3, -0.25) is 25.2 Å². The molecule has 0 aliphatic heterocycles. The largest absolute Gasteiger partial charge is 0.494 e. The van der Waals surface area contributed by atoms with E-state index >= 15 is 0 Å². The van der Waals surface area contributed by atoms with Gasteiger partial charge in [0.15, 0.2) is 0 Å². The standard InChI is InChI=1S/C25H31N3O4/c1-2-3-16-32-22-11-7-10-20(17-22)25(31)28-27-24(30)19-12-14-21(15-13-19)26-23(29)18-8-5-4-6-9-18/h7,10-15,17-18H,2-6,8-9,16H2,1H3,(H,26,29)(H,27,30)(H,28,31). The Morgan fingerprint density at radius 2 is 1.59 bits per heavy atom. The minimum absolute atomic E-state index is 0.0371. The van der Waals surface area contributed by atoms with Crippen molar-refractivity contribution in [3.8, 4) is 5.75 Å². The van der Waals surface area contributed by atoms with Crippen LogP contribution in [0.1, 0.15) is 72.6 Å². The zero-order valence-electron chi connectivity index (χ0n) is 18.5. The molecular formula is C25H31N3O4. The Bertz CT molecular complexity index is 921. The number of carbonyl (C=O) groups excluding carboxylic acids is 3. The summed E-state index contributed by atoms with van der Waals surface area (Å²) < 4.78 is 5.61. The van der Waals surface area contributed by atoms with Crippen LogP contribution in [-0.2, 0) is 4.79 Å². The number of anilines is 1. The summed E-state index contributed by atoms with van der Waals surface area (Å²) >= 11 is 0. The first-order valence-corrected chi connectivity index (χ1v) is 11.3. The van der Waals surface area contributed by atoms with E-state index in [4.69, 9.17) is 4.74 Å². The molecule has 0 atom stereocenters. The van der Waals surface area contributed by atoms with E-state index in [-0.39, 0.29) is 11.8 Å². The molecule has 32 heavy (non-hydrogen) atoms. The summed E-state index contributed by atoms with van der Waals surface area (Å²) in [6, 6.07) is 13.4. The summed E-state index contributed by atoms with van der Waals surface area (Å²) in [6.45, 7) is 2.67. The van der Waals surface area contributed by atoms with Crippen molar-refractivity contribution in [3.05, 3.63) is 59.7 Å². The molecule has 1 aliphatic rings. The molecule has 0 saturated heterocycles. The fourth-order valence-electron chi connectivity index (χ4n) is 3.63. The van der Waals surface area contributed by atoms with Gasteiger partial charge in [-0.05, 0) is 61.7 Å². The fraction of sp³-hybridized carbons (Fsp3) is 0.400. The Morgan fingerprint density at radius 3 is 2.28 bits per heavy atom. The quantitative estimate of drug-likeness (QED) is 0.420. The zero-order chi connectivity index (χ0) is 22.8. The van der Waals surface area contributed by atoms with Gasteiger partial charge in [0, 0.05) is 22.7 Å². The number of benzene rings is 2. The van der Waals surface area contributed by atoms with Crippen molar-refractivity contribution in [2.75, 3.05) is 11.9 Å². The highest BCUT2D eigenvalue weighted by atomic mass is 16.5. The molecule has 3 rings (SSSR count). The predicted molar refractivity (Wildman–Crippen MR) is 123 cm³/mol. The number of nitrogens with one attached hydrogen (secondary N) is 3. The van der Waals surface area contributed by atoms with Gasteiger partial charge in [0.1, 0.15) is 5.75 Å². The maximum absolute atomic E-state index is 12.4. The summed E-state index contributed by atoms with van der Waals surface area (Å²) in [4.78, 5) is 37.1. The second kappa shape index (κ2) is 11.9. The van der Waals surface area contributed by atoms with E-state index < -0.39 is 11.8 Å². The molecule has 0 radical (unpaired) electrons. The van der Waals surface area contributed by atoms with Gasteiger partial charge in [-0.1, -0.05) is 38.7 Å². The number of unbranched alkanes of at least 4 members (excludes halogenated alkanes) is 1. The van der Waals surface area contributed by atoms with Crippen molar-refractivity contribution in [1.82, 2.24) is 10.9 Å². The molecule has 0 aromatic heterocycles. The van der Waals surface area contributed by atoms with Gasteiger partial charge in [-0.25, -0.2) is 0 Å². The van der Waals surface area contributed by atoms with Crippen molar-refractivity contribution in [3.63, 3.8) is 0 Å². The van der Waals surface area contributed by atoms with Gasteiger partial charge in [0.2, 0.25) is 5.91 Å². The van der Waals surface area contributed by atoms with Crippen LogP contribution >= 0.6 is 0 Å². The molecule has 2 aromatic rings. The molecule has 1 saturated carbocycles.